The highest BCUT2D eigenvalue weighted by molar-refractivity contribution is 5.75. The van der Waals surface area contributed by atoms with E-state index >= 15 is 0 Å². The Morgan fingerprint density at radius 2 is 2.07 bits per heavy atom. The minimum Gasteiger partial charge on any atom is -0.468 e. The average molecular weight is 203 g/mol. The van der Waals surface area contributed by atoms with Gasteiger partial charge in [0, 0.05) is 6.61 Å². The van der Waals surface area contributed by atoms with Crippen molar-refractivity contribution in [2.75, 3.05) is 27.3 Å². The van der Waals surface area contributed by atoms with Gasteiger partial charge in [-0.15, -0.1) is 0 Å². The number of esters is 1. The van der Waals surface area contributed by atoms with Crippen molar-refractivity contribution in [3.05, 3.63) is 0 Å². The summed E-state index contributed by atoms with van der Waals surface area (Å²) in [5.41, 5.74) is 0. The van der Waals surface area contributed by atoms with E-state index in [1.807, 2.05) is 18.9 Å². The van der Waals surface area contributed by atoms with Crippen LogP contribution in [0.25, 0.3) is 0 Å². The smallest absolute Gasteiger partial charge is 0.322 e. The second-order valence-corrected chi connectivity index (χ2v) is 3.46. The van der Waals surface area contributed by atoms with Crippen molar-refractivity contribution < 1.29 is 14.6 Å². The third-order valence-corrected chi connectivity index (χ3v) is 2.37. The molecule has 4 nitrogen and oxygen atoms in total. The van der Waals surface area contributed by atoms with Gasteiger partial charge in [0.2, 0.25) is 0 Å². The summed E-state index contributed by atoms with van der Waals surface area (Å²) in [4.78, 5) is 13.1. The third kappa shape index (κ3) is 5.19. The van der Waals surface area contributed by atoms with Crippen LogP contribution in [0.4, 0.5) is 0 Å². The van der Waals surface area contributed by atoms with Gasteiger partial charge in [0.25, 0.3) is 0 Å². The highest BCUT2D eigenvalue weighted by atomic mass is 16.5. The van der Waals surface area contributed by atoms with Gasteiger partial charge in [-0.05, 0) is 39.8 Å². The Morgan fingerprint density at radius 3 is 2.57 bits per heavy atom. The van der Waals surface area contributed by atoms with Gasteiger partial charge in [-0.2, -0.15) is 0 Å². The largest absolute Gasteiger partial charge is 0.468 e. The zero-order valence-electron chi connectivity index (χ0n) is 9.32. The molecule has 0 saturated carbocycles. The molecule has 0 aliphatic carbocycles. The molecule has 0 aromatic carbocycles. The molecule has 0 aliphatic rings. The standard InChI is InChI=1S/C10H21NO3/c1-9(10(13)14-3)11(2)7-5-4-6-8-12/h9,12H,4-8H2,1-3H3. The third-order valence-electron chi connectivity index (χ3n) is 2.37. The number of carbonyl (C=O) groups is 1. The lowest BCUT2D eigenvalue weighted by Gasteiger charge is -2.22. The lowest BCUT2D eigenvalue weighted by molar-refractivity contribution is -0.145. The number of carbonyl (C=O) groups excluding carboxylic acids is 1. The van der Waals surface area contributed by atoms with E-state index in [0.29, 0.717) is 0 Å². The fourth-order valence-electron chi connectivity index (χ4n) is 1.19. The first-order valence-electron chi connectivity index (χ1n) is 5.02. The van der Waals surface area contributed by atoms with Gasteiger partial charge < -0.3 is 9.84 Å². The van der Waals surface area contributed by atoms with Crippen LogP contribution in [-0.4, -0.2) is 49.3 Å². The van der Waals surface area contributed by atoms with Crippen LogP contribution in [0.3, 0.4) is 0 Å². The van der Waals surface area contributed by atoms with Gasteiger partial charge in [-0.1, -0.05) is 0 Å². The number of nitrogens with zero attached hydrogens (tertiary/aromatic N) is 1. The molecular weight excluding hydrogens is 182 g/mol. The van der Waals surface area contributed by atoms with E-state index in [1.165, 1.54) is 7.11 Å². The van der Waals surface area contributed by atoms with E-state index in [0.717, 1.165) is 25.8 Å². The van der Waals surface area contributed by atoms with E-state index < -0.39 is 0 Å². The second kappa shape index (κ2) is 7.76. The molecule has 0 saturated heterocycles. The monoisotopic (exact) mass is 203 g/mol. The van der Waals surface area contributed by atoms with Crippen LogP contribution < -0.4 is 0 Å². The molecule has 0 radical (unpaired) electrons. The quantitative estimate of drug-likeness (QED) is 0.487. The van der Waals surface area contributed by atoms with Gasteiger partial charge in [-0.25, -0.2) is 0 Å². The minimum absolute atomic E-state index is 0.186. The Bertz CT molecular complexity index is 161. The van der Waals surface area contributed by atoms with Crippen molar-refractivity contribution in [3.8, 4) is 0 Å². The number of hydrogen-bond acceptors (Lipinski definition) is 4. The molecule has 0 bridgehead atoms. The van der Waals surface area contributed by atoms with Crippen LogP contribution in [-0.2, 0) is 9.53 Å². The predicted molar refractivity (Wildman–Crippen MR) is 55.0 cm³/mol. The van der Waals surface area contributed by atoms with E-state index in [1.54, 1.807) is 0 Å². The van der Waals surface area contributed by atoms with Crippen molar-refractivity contribution in [1.82, 2.24) is 4.90 Å². The molecule has 14 heavy (non-hydrogen) atoms. The second-order valence-electron chi connectivity index (χ2n) is 3.46. The first kappa shape index (κ1) is 13.4. The maximum absolute atomic E-state index is 11.1. The van der Waals surface area contributed by atoms with Gasteiger partial charge in [0.1, 0.15) is 6.04 Å². The first-order chi connectivity index (χ1) is 6.63. The summed E-state index contributed by atoms with van der Waals surface area (Å²) in [6.45, 7) is 2.93. The van der Waals surface area contributed by atoms with Crippen LogP contribution in [0, 0.1) is 0 Å². The number of aliphatic hydroxyl groups is 1. The molecule has 84 valence electrons. The number of rotatable bonds is 7. The van der Waals surface area contributed by atoms with Crippen LogP contribution in [0.15, 0.2) is 0 Å². The van der Waals surface area contributed by atoms with Crippen molar-refractivity contribution in [2.45, 2.75) is 32.2 Å². The Morgan fingerprint density at radius 1 is 1.43 bits per heavy atom. The predicted octanol–water partition coefficient (Wildman–Crippen LogP) is 0.642. The van der Waals surface area contributed by atoms with Crippen LogP contribution in [0.2, 0.25) is 0 Å². The fraction of sp³-hybridized carbons (Fsp3) is 0.900. The minimum atomic E-state index is -0.199. The molecule has 0 rings (SSSR count). The molecule has 0 heterocycles. The summed E-state index contributed by atoms with van der Waals surface area (Å²) < 4.78 is 4.64. The van der Waals surface area contributed by atoms with Crippen LogP contribution in [0.5, 0.6) is 0 Å². The molecular formula is C10H21NO3. The summed E-state index contributed by atoms with van der Waals surface area (Å²) in [5.74, 6) is -0.199. The van der Waals surface area contributed by atoms with Crippen molar-refractivity contribution in [3.63, 3.8) is 0 Å². The van der Waals surface area contributed by atoms with Gasteiger partial charge in [0.05, 0.1) is 7.11 Å². The van der Waals surface area contributed by atoms with Crippen molar-refractivity contribution >= 4 is 5.97 Å². The molecule has 1 atom stereocenters. The van der Waals surface area contributed by atoms with E-state index in [-0.39, 0.29) is 18.6 Å². The number of methoxy groups -OCH3 is 1. The maximum Gasteiger partial charge on any atom is 0.322 e. The zero-order chi connectivity index (χ0) is 11.0. The SMILES string of the molecule is COC(=O)C(C)N(C)CCCCCO. The van der Waals surface area contributed by atoms with Crippen molar-refractivity contribution in [1.29, 1.82) is 0 Å². The lowest BCUT2D eigenvalue weighted by atomic mass is 10.2. The Balaban J connectivity index is 3.61. The fourth-order valence-corrected chi connectivity index (χ4v) is 1.19. The van der Waals surface area contributed by atoms with Gasteiger partial charge >= 0.3 is 5.97 Å². The number of likely N-dealkylation sites (N-methyl/N-ethyl adjacent to an activating group) is 1. The summed E-state index contributed by atoms with van der Waals surface area (Å²) in [6.07, 6.45) is 2.83. The maximum atomic E-state index is 11.1. The Kier molecular flexibility index (Phi) is 7.42. The molecule has 0 aromatic heterocycles. The molecule has 1 N–H and O–H groups in total. The normalized spacial score (nSPS) is 12.9. The van der Waals surface area contributed by atoms with E-state index in [2.05, 4.69) is 4.74 Å². The summed E-state index contributed by atoms with van der Waals surface area (Å²) in [5, 5.41) is 8.58. The van der Waals surface area contributed by atoms with Gasteiger partial charge in [-0.3, -0.25) is 9.69 Å². The lowest BCUT2D eigenvalue weighted by Crippen LogP contribution is -2.37. The van der Waals surface area contributed by atoms with Crippen molar-refractivity contribution in [2.24, 2.45) is 0 Å². The number of ether oxygens (including phenoxy) is 1. The Labute approximate surface area is 85.9 Å². The summed E-state index contributed by atoms with van der Waals surface area (Å²) in [7, 11) is 3.30. The molecule has 0 amide bonds. The van der Waals surface area contributed by atoms with Crippen LogP contribution in [0.1, 0.15) is 26.2 Å². The summed E-state index contributed by atoms with van der Waals surface area (Å²) >= 11 is 0. The molecule has 1 unspecified atom stereocenters. The molecule has 0 spiro atoms. The van der Waals surface area contributed by atoms with Crippen LogP contribution >= 0.6 is 0 Å². The first-order valence-corrected chi connectivity index (χ1v) is 5.02. The average Bonchev–Trinajstić information content (AvgIpc) is 2.21. The Hall–Kier alpha value is -0.610. The van der Waals surface area contributed by atoms with E-state index in [9.17, 15) is 4.79 Å². The number of hydrogen-bond donors (Lipinski definition) is 1. The molecule has 0 fully saturated rings. The summed E-state index contributed by atoms with van der Waals surface area (Å²) in [6, 6.07) is -0.186. The zero-order valence-corrected chi connectivity index (χ0v) is 9.32. The van der Waals surface area contributed by atoms with E-state index in [4.69, 9.17) is 5.11 Å². The highest BCUT2D eigenvalue weighted by Crippen LogP contribution is 2.02. The number of unbranched alkanes of at least 4 members (excludes halogenated alkanes) is 2. The highest BCUT2D eigenvalue weighted by Gasteiger charge is 2.17. The molecule has 4 heteroatoms. The molecule has 0 aliphatic heterocycles. The van der Waals surface area contributed by atoms with Gasteiger partial charge in [0.15, 0.2) is 0 Å². The number of aliphatic hydroxyl groups excluding tert-OH is 1. The molecule has 0 aromatic rings. The topological polar surface area (TPSA) is 49.8 Å².